The zero-order valence-electron chi connectivity index (χ0n) is 15.8. The molecule has 1 aliphatic heterocycles. The summed E-state index contributed by atoms with van der Waals surface area (Å²) in [6.07, 6.45) is 7.84. The lowest BCUT2D eigenvalue weighted by Gasteiger charge is -2.22. The summed E-state index contributed by atoms with van der Waals surface area (Å²) in [5, 5.41) is 16.3. The molecule has 0 saturated carbocycles. The molecule has 146 valence electrons. The van der Waals surface area contributed by atoms with Crippen molar-refractivity contribution in [3.05, 3.63) is 55.0 Å². The number of nitrogen functional groups attached to an aromatic ring is 1. The van der Waals surface area contributed by atoms with Gasteiger partial charge >= 0.3 is 0 Å². The highest BCUT2D eigenvalue weighted by molar-refractivity contribution is 5.75. The Balaban J connectivity index is 1.45. The van der Waals surface area contributed by atoms with Crippen molar-refractivity contribution >= 4 is 5.82 Å². The quantitative estimate of drug-likeness (QED) is 0.554. The molecule has 8 heteroatoms. The van der Waals surface area contributed by atoms with Crippen molar-refractivity contribution in [1.29, 1.82) is 0 Å². The first-order valence-electron chi connectivity index (χ1n) is 9.68. The first-order chi connectivity index (χ1) is 14.3. The predicted molar refractivity (Wildman–Crippen MR) is 110 cm³/mol. The number of benzene rings is 1. The molecular weight excluding hydrogens is 366 g/mol. The minimum Gasteiger partial charge on any atom is -0.416 e. The number of hydrogen-bond acceptors (Lipinski definition) is 7. The van der Waals surface area contributed by atoms with Crippen LogP contribution in [0.25, 0.3) is 34.0 Å². The van der Waals surface area contributed by atoms with E-state index in [9.17, 15) is 0 Å². The van der Waals surface area contributed by atoms with Gasteiger partial charge in [-0.1, -0.05) is 18.2 Å². The van der Waals surface area contributed by atoms with Gasteiger partial charge in [0.25, 0.3) is 5.89 Å². The smallest absolute Gasteiger partial charge is 0.251 e. The number of anilines is 1. The molecule has 1 aliphatic rings. The van der Waals surface area contributed by atoms with E-state index in [1.54, 1.807) is 6.20 Å². The van der Waals surface area contributed by atoms with Crippen LogP contribution in [-0.4, -0.2) is 38.1 Å². The van der Waals surface area contributed by atoms with Crippen LogP contribution in [0.2, 0.25) is 0 Å². The molecule has 1 aromatic carbocycles. The Morgan fingerprint density at radius 1 is 0.966 bits per heavy atom. The predicted octanol–water partition coefficient (Wildman–Crippen LogP) is 3.17. The number of pyridine rings is 1. The Hall–Kier alpha value is -3.52. The van der Waals surface area contributed by atoms with Crippen molar-refractivity contribution < 1.29 is 4.42 Å². The maximum Gasteiger partial charge on any atom is 0.251 e. The number of nitrogens with zero attached hydrogens (tertiary/aromatic N) is 5. The number of hydrogen-bond donors (Lipinski definition) is 2. The molecule has 3 aromatic heterocycles. The van der Waals surface area contributed by atoms with Crippen molar-refractivity contribution in [3.63, 3.8) is 0 Å². The van der Waals surface area contributed by atoms with Gasteiger partial charge in [0.2, 0.25) is 5.89 Å². The van der Waals surface area contributed by atoms with Crippen LogP contribution in [0, 0.1) is 0 Å². The Morgan fingerprint density at radius 2 is 1.76 bits per heavy atom. The van der Waals surface area contributed by atoms with E-state index in [1.165, 1.54) is 0 Å². The van der Waals surface area contributed by atoms with Crippen molar-refractivity contribution in [1.82, 2.24) is 30.3 Å². The molecule has 5 rings (SSSR count). The lowest BCUT2D eigenvalue weighted by atomic mass is 10.1. The van der Waals surface area contributed by atoms with Gasteiger partial charge in [0, 0.05) is 29.1 Å². The van der Waals surface area contributed by atoms with Crippen LogP contribution >= 0.6 is 0 Å². The molecule has 3 N–H and O–H groups in total. The monoisotopic (exact) mass is 387 g/mol. The zero-order valence-corrected chi connectivity index (χ0v) is 15.8. The fourth-order valence-electron chi connectivity index (χ4n) is 3.59. The first-order valence-corrected chi connectivity index (χ1v) is 9.68. The van der Waals surface area contributed by atoms with E-state index >= 15 is 0 Å². The SMILES string of the molecule is Nc1ncc(-c2cnn(C3CCNCC3)c2)cc1-c1nnc(-c2ccccc2)o1. The van der Waals surface area contributed by atoms with Gasteiger partial charge in [-0.3, -0.25) is 4.68 Å². The molecule has 0 atom stereocenters. The second-order valence-electron chi connectivity index (χ2n) is 7.13. The summed E-state index contributed by atoms with van der Waals surface area (Å²) in [7, 11) is 0. The summed E-state index contributed by atoms with van der Waals surface area (Å²) in [4.78, 5) is 4.34. The molecule has 0 spiro atoms. The highest BCUT2D eigenvalue weighted by Crippen LogP contribution is 2.31. The van der Waals surface area contributed by atoms with Gasteiger partial charge in [-0.25, -0.2) is 4.98 Å². The third-order valence-corrected chi connectivity index (χ3v) is 5.21. The average Bonchev–Trinajstić information content (AvgIpc) is 3.46. The van der Waals surface area contributed by atoms with Crippen LogP contribution in [0.4, 0.5) is 5.82 Å². The third-order valence-electron chi connectivity index (χ3n) is 5.21. The lowest BCUT2D eigenvalue weighted by Crippen LogP contribution is -2.29. The highest BCUT2D eigenvalue weighted by atomic mass is 16.4. The van der Waals surface area contributed by atoms with Crippen LogP contribution in [-0.2, 0) is 0 Å². The standard InChI is InChI=1S/C21H21N7O/c22-19-18(21-27-26-20(29-21)14-4-2-1-3-5-14)10-15(11-24-19)16-12-25-28(13-16)17-6-8-23-9-7-17/h1-5,10-13,17,23H,6-9H2,(H2,22,24). The summed E-state index contributed by atoms with van der Waals surface area (Å²) in [5.41, 5.74) is 9.48. The summed E-state index contributed by atoms with van der Waals surface area (Å²) in [6, 6.07) is 12.0. The molecule has 1 fully saturated rings. The van der Waals surface area contributed by atoms with Crippen molar-refractivity contribution in [2.45, 2.75) is 18.9 Å². The number of piperidine rings is 1. The van der Waals surface area contributed by atoms with Crippen molar-refractivity contribution in [3.8, 4) is 34.0 Å². The molecule has 29 heavy (non-hydrogen) atoms. The number of aromatic nitrogens is 5. The molecule has 0 radical (unpaired) electrons. The molecule has 0 aliphatic carbocycles. The Bertz CT molecular complexity index is 1110. The van der Waals surface area contributed by atoms with Crippen LogP contribution in [0.3, 0.4) is 0 Å². The van der Waals surface area contributed by atoms with Gasteiger partial charge in [0.05, 0.1) is 17.8 Å². The van der Waals surface area contributed by atoms with Crippen molar-refractivity contribution in [2.24, 2.45) is 0 Å². The van der Waals surface area contributed by atoms with Gasteiger partial charge in [-0.15, -0.1) is 10.2 Å². The van der Waals surface area contributed by atoms with Crippen LogP contribution in [0.5, 0.6) is 0 Å². The van der Waals surface area contributed by atoms with E-state index in [-0.39, 0.29) is 0 Å². The number of rotatable bonds is 4. The van der Waals surface area contributed by atoms with Gasteiger partial charge in [0.1, 0.15) is 5.82 Å². The van der Waals surface area contributed by atoms with E-state index < -0.39 is 0 Å². The maximum absolute atomic E-state index is 6.10. The topological polar surface area (TPSA) is 108 Å². The van der Waals surface area contributed by atoms with E-state index in [0.29, 0.717) is 29.2 Å². The van der Waals surface area contributed by atoms with Crippen LogP contribution in [0.1, 0.15) is 18.9 Å². The highest BCUT2D eigenvalue weighted by Gasteiger charge is 2.18. The van der Waals surface area contributed by atoms with E-state index in [0.717, 1.165) is 42.6 Å². The Kier molecular flexibility index (Phi) is 4.53. The van der Waals surface area contributed by atoms with Gasteiger partial charge < -0.3 is 15.5 Å². The maximum atomic E-state index is 6.10. The second kappa shape index (κ2) is 7.48. The minimum atomic E-state index is 0.349. The molecule has 1 saturated heterocycles. The molecule has 8 nitrogen and oxygen atoms in total. The summed E-state index contributed by atoms with van der Waals surface area (Å²) in [6.45, 7) is 2.04. The molecule has 4 heterocycles. The number of nitrogens with one attached hydrogen (secondary N) is 1. The average molecular weight is 387 g/mol. The molecule has 4 aromatic rings. The van der Waals surface area contributed by atoms with Crippen LogP contribution in [0.15, 0.2) is 59.4 Å². The molecule has 0 bridgehead atoms. The van der Waals surface area contributed by atoms with Gasteiger partial charge in [-0.2, -0.15) is 5.10 Å². The second-order valence-corrected chi connectivity index (χ2v) is 7.13. The largest absolute Gasteiger partial charge is 0.416 e. The fraction of sp³-hybridized carbons (Fsp3) is 0.238. The summed E-state index contributed by atoms with van der Waals surface area (Å²) >= 11 is 0. The Morgan fingerprint density at radius 3 is 2.59 bits per heavy atom. The fourth-order valence-corrected chi connectivity index (χ4v) is 3.59. The zero-order chi connectivity index (χ0) is 19.6. The van der Waals surface area contributed by atoms with Gasteiger partial charge in [-0.05, 0) is 44.1 Å². The first kappa shape index (κ1) is 17.6. The third kappa shape index (κ3) is 3.50. The molecular formula is C21H21N7O. The van der Waals surface area contributed by atoms with E-state index in [4.69, 9.17) is 10.2 Å². The van der Waals surface area contributed by atoms with E-state index in [2.05, 4.69) is 31.8 Å². The van der Waals surface area contributed by atoms with Crippen LogP contribution < -0.4 is 11.1 Å². The molecule has 0 amide bonds. The summed E-state index contributed by atoms with van der Waals surface area (Å²) < 4.78 is 7.91. The normalized spacial score (nSPS) is 14.9. The van der Waals surface area contributed by atoms with Crippen molar-refractivity contribution in [2.75, 3.05) is 18.8 Å². The van der Waals surface area contributed by atoms with E-state index in [1.807, 2.05) is 47.3 Å². The van der Waals surface area contributed by atoms with Gasteiger partial charge in [0.15, 0.2) is 0 Å². The molecule has 0 unspecified atom stereocenters. The number of nitrogens with two attached hydrogens (primary N) is 1. The summed E-state index contributed by atoms with van der Waals surface area (Å²) in [5.74, 6) is 1.15. The lowest BCUT2D eigenvalue weighted by molar-refractivity contribution is 0.343. The minimum absolute atomic E-state index is 0.349. The Labute approximate surface area is 167 Å².